The van der Waals surface area contributed by atoms with Crippen molar-refractivity contribution in [3.05, 3.63) is 54.1 Å². The fourth-order valence-corrected chi connectivity index (χ4v) is 1.81. The Labute approximate surface area is 124 Å². The molecule has 0 radical (unpaired) electrons. The van der Waals surface area contributed by atoms with Crippen LogP contribution in [0.2, 0.25) is 0 Å². The number of nitrogens with zero attached hydrogens (tertiary/aromatic N) is 4. The Bertz CT molecular complexity index is 801. The van der Waals surface area contributed by atoms with Gasteiger partial charge in [0.15, 0.2) is 5.82 Å². The van der Waals surface area contributed by atoms with Crippen molar-refractivity contribution in [2.75, 3.05) is 5.32 Å². The van der Waals surface area contributed by atoms with E-state index >= 15 is 0 Å². The number of aromatic nitrogens is 5. The standard InChI is InChI=1S/C14H11FN6O/c1-8-5-17-12(6-16-8)14(22)20-11-4-9(2-3-10(11)15)13-18-7-19-21-13/h2-7H,1H3,(H,20,22)(H,18,19,21). The van der Waals surface area contributed by atoms with Gasteiger partial charge in [0.2, 0.25) is 0 Å². The lowest BCUT2D eigenvalue weighted by Gasteiger charge is -2.07. The third kappa shape index (κ3) is 2.80. The van der Waals surface area contributed by atoms with Crippen molar-refractivity contribution in [3.63, 3.8) is 0 Å². The topological polar surface area (TPSA) is 96.5 Å². The lowest BCUT2D eigenvalue weighted by Crippen LogP contribution is -2.15. The molecule has 0 unspecified atom stereocenters. The Morgan fingerprint density at radius 3 is 2.77 bits per heavy atom. The molecule has 1 amide bonds. The van der Waals surface area contributed by atoms with Crippen LogP contribution in [0.4, 0.5) is 10.1 Å². The van der Waals surface area contributed by atoms with Gasteiger partial charge in [-0.05, 0) is 25.1 Å². The number of aryl methyl sites for hydroxylation is 1. The molecule has 0 spiro atoms. The number of anilines is 1. The number of H-pyrrole nitrogens is 1. The summed E-state index contributed by atoms with van der Waals surface area (Å²) in [6.45, 7) is 1.76. The second-order valence-corrected chi connectivity index (χ2v) is 4.53. The molecule has 3 aromatic rings. The molecule has 0 bridgehead atoms. The van der Waals surface area contributed by atoms with Crippen molar-refractivity contribution in [3.8, 4) is 11.4 Å². The minimum Gasteiger partial charge on any atom is -0.318 e. The van der Waals surface area contributed by atoms with Gasteiger partial charge in [-0.25, -0.2) is 14.4 Å². The van der Waals surface area contributed by atoms with E-state index in [-0.39, 0.29) is 11.4 Å². The van der Waals surface area contributed by atoms with Crippen molar-refractivity contribution in [1.29, 1.82) is 0 Å². The number of hydrogen-bond acceptors (Lipinski definition) is 5. The minimum absolute atomic E-state index is 0.0290. The average Bonchev–Trinajstić information content (AvgIpc) is 3.04. The number of carbonyl (C=O) groups excluding carboxylic acids is 1. The first-order valence-corrected chi connectivity index (χ1v) is 6.39. The van der Waals surface area contributed by atoms with Crippen molar-refractivity contribution >= 4 is 11.6 Å². The highest BCUT2D eigenvalue weighted by atomic mass is 19.1. The van der Waals surface area contributed by atoms with Crippen molar-refractivity contribution in [2.24, 2.45) is 0 Å². The van der Waals surface area contributed by atoms with E-state index in [0.29, 0.717) is 17.1 Å². The molecule has 2 aromatic heterocycles. The Hall–Kier alpha value is -3.16. The second kappa shape index (κ2) is 5.68. The van der Waals surface area contributed by atoms with Crippen LogP contribution in [0, 0.1) is 12.7 Å². The summed E-state index contributed by atoms with van der Waals surface area (Å²) in [5, 5.41) is 8.87. The first-order valence-electron chi connectivity index (χ1n) is 6.39. The maximum Gasteiger partial charge on any atom is 0.275 e. The van der Waals surface area contributed by atoms with E-state index in [2.05, 4.69) is 30.5 Å². The van der Waals surface area contributed by atoms with Gasteiger partial charge in [0.1, 0.15) is 17.8 Å². The van der Waals surface area contributed by atoms with Gasteiger partial charge in [-0.2, -0.15) is 5.10 Å². The zero-order valence-electron chi connectivity index (χ0n) is 11.5. The summed E-state index contributed by atoms with van der Waals surface area (Å²) in [5.74, 6) is -0.622. The third-order valence-electron chi connectivity index (χ3n) is 2.92. The SMILES string of the molecule is Cc1cnc(C(=O)Nc2cc(-c3ncn[nH]3)ccc2F)cn1. The van der Waals surface area contributed by atoms with Crippen LogP contribution in [0.3, 0.4) is 0 Å². The Morgan fingerprint density at radius 2 is 2.09 bits per heavy atom. The molecule has 0 aliphatic carbocycles. The van der Waals surface area contributed by atoms with Crippen molar-refractivity contribution in [1.82, 2.24) is 25.1 Å². The van der Waals surface area contributed by atoms with E-state index in [0.717, 1.165) is 0 Å². The molecular formula is C14H11FN6O. The van der Waals surface area contributed by atoms with Crippen LogP contribution in [-0.4, -0.2) is 31.1 Å². The van der Waals surface area contributed by atoms with Gasteiger partial charge in [0.05, 0.1) is 17.6 Å². The van der Waals surface area contributed by atoms with Crippen LogP contribution in [-0.2, 0) is 0 Å². The summed E-state index contributed by atoms with van der Waals surface area (Å²) in [7, 11) is 0. The predicted octanol–water partition coefficient (Wildman–Crippen LogP) is 1.96. The zero-order valence-corrected chi connectivity index (χ0v) is 11.5. The number of rotatable bonds is 3. The van der Waals surface area contributed by atoms with Crippen LogP contribution in [0.25, 0.3) is 11.4 Å². The number of amides is 1. The molecule has 0 atom stereocenters. The predicted molar refractivity (Wildman–Crippen MR) is 76.5 cm³/mol. The lowest BCUT2D eigenvalue weighted by atomic mass is 10.2. The summed E-state index contributed by atoms with van der Waals surface area (Å²) in [4.78, 5) is 24.0. The number of benzene rings is 1. The fraction of sp³-hybridized carbons (Fsp3) is 0.0714. The zero-order chi connectivity index (χ0) is 15.5. The van der Waals surface area contributed by atoms with Crippen LogP contribution in [0.1, 0.15) is 16.2 Å². The maximum atomic E-state index is 13.9. The number of aromatic amines is 1. The molecule has 8 heteroatoms. The molecule has 0 saturated carbocycles. The van der Waals surface area contributed by atoms with Crippen LogP contribution in [0.5, 0.6) is 0 Å². The van der Waals surface area contributed by atoms with Gasteiger partial charge in [-0.1, -0.05) is 0 Å². The van der Waals surface area contributed by atoms with Gasteiger partial charge < -0.3 is 5.32 Å². The normalized spacial score (nSPS) is 10.5. The molecule has 2 N–H and O–H groups in total. The summed E-state index contributed by atoms with van der Waals surface area (Å²) in [6, 6.07) is 4.25. The average molecular weight is 298 g/mol. The molecule has 7 nitrogen and oxygen atoms in total. The fourth-order valence-electron chi connectivity index (χ4n) is 1.81. The minimum atomic E-state index is -0.559. The number of nitrogens with one attached hydrogen (secondary N) is 2. The highest BCUT2D eigenvalue weighted by Gasteiger charge is 2.12. The van der Waals surface area contributed by atoms with Gasteiger partial charge in [-0.15, -0.1) is 0 Å². The number of hydrogen-bond donors (Lipinski definition) is 2. The molecule has 3 rings (SSSR count). The molecule has 1 aromatic carbocycles. The van der Waals surface area contributed by atoms with Crippen LogP contribution in [0.15, 0.2) is 36.9 Å². The molecule has 0 saturated heterocycles. The number of halogens is 1. The van der Waals surface area contributed by atoms with Crippen molar-refractivity contribution < 1.29 is 9.18 Å². The summed E-state index contributed by atoms with van der Waals surface area (Å²) in [5.41, 5.74) is 1.43. The Kier molecular flexibility index (Phi) is 3.57. The lowest BCUT2D eigenvalue weighted by molar-refractivity contribution is 0.102. The smallest absolute Gasteiger partial charge is 0.275 e. The third-order valence-corrected chi connectivity index (χ3v) is 2.92. The van der Waals surface area contributed by atoms with Gasteiger partial charge >= 0.3 is 0 Å². The first-order chi connectivity index (χ1) is 10.6. The monoisotopic (exact) mass is 298 g/mol. The molecule has 0 fully saturated rings. The Morgan fingerprint density at radius 1 is 1.23 bits per heavy atom. The van der Waals surface area contributed by atoms with E-state index < -0.39 is 11.7 Å². The molecule has 22 heavy (non-hydrogen) atoms. The van der Waals surface area contributed by atoms with E-state index in [1.54, 1.807) is 6.92 Å². The Balaban J connectivity index is 1.87. The van der Waals surface area contributed by atoms with Gasteiger partial charge in [0, 0.05) is 11.8 Å². The molecule has 110 valence electrons. The van der Waals surface area contributed by atoms with Crippen molar-refractivity contribution in [2.45, 2.75) is 6.92 Å². The summed E-state index contributed by atoms with van der Waals surface area (Å²) in [6.07, 6.45) is 4.15. The van der Waals surface area contributed by atoms with Crippen LogP contribution < -0.4 is 5.32 Å². The highest BCUT2D eigenvalue weighted by Crippen LogP contribution is 2.22. The first kappa shape index (κ1) is 13.8. The summed E-state index contributed by atoms with van der Waals surface area (Å²) < 4.78 is 13.9. The van der Waals surface area contributed by atoms with E-state index in [9.17, 15) is 9.18 Å². The molecular weight excluding hydrogens is 287 g/mol. The van der Waals surface area contributed by atoms with Gasteiger partial charge in [-0.3, -0.25) is 14.9 Å². The van der Waals surface area contributed by atoms with E-state index in [1.165, 1.54) is 36.9 Å². The summed E-state index contributed by atoms with van der Waals surface area (Å²) >= 11 is 0. The van der Waals surface area contributed by atoms with E-state index in [1.807, 2.05) is 0 Å². The number of carbonyl (C=O) groups is 1. The molecule has 0 aliphatic rings. The maximum absolute atomic E-state index is 13.9. The molecule has 2 heterocycles. The molecule has 0 aliphatic heterocycles. The van der Waals surface area contributed by atoms with E-state index in [4.69, 9.17) is 0 Å². The largest absolute Gasteiger partial charge is 0.318 e. The van der Waals surface area contributed by atoms with Gasteiger partial charge in [0.25, 0.3) is 5.91 Å². The van der Waals surface area contributed by atoms with Crippen LogP contribution >= 0.6 is 0 Å². The second-order valence-electron chi connectivity index (χ2n) is 4.53. The highest BCUT2D eigenvalue weighted by molar-refractivity contribution is 6.02. The quantitative estimate of drug-likeness (QED) is 0.770.